The molecule has 6 nitrogen and oxygen atoms in total. The first kappa shape index (κ1) is 22.2. The van der Waals surface area contributed by atoms with Gasteiger partial charge in [0.05, 0.1) is 7.11 Å². The average Bonchev–Trinajstić information content (AvgIpc) is 3.09. The summed E-state index contributed by atoms with van der Waals surface area (Å²) in [5.74, 6) is 0.176. The first-order chi connectivity index (χ1) is 13.4. The van der Waals surface area contributed by atoms with Gasteiger partial charge in [0.1, 0.15) is 5.75 Å². The van der Waals surface area contributed by atoms with Crippen molar-refractivity contribution in [2.45, 2.75) is 51.0 Å². The summed E-state index contributed by atoms with van der Waals surface area (Å²) < 4.78 is 32.8. The van der Waals surface area contributed by atoms with Crippen LogP contribution in [0.4, 0.5) is 0 Å². The SMILES string of the molecule is COc1cccc(/C=C/S(=O)(=O)NC2CCCC2C/C=C/CCCC(=O)O)c1. The minimum absolute atomic E-state index is 0.0661. The smallest absolute Gasteiger partial charge is 0.303 e. The molecule has 154 valence electrons. The van der Waals surface area contributed by atoms with Crippen molar-refractivity contribution in [1.29, 1.82) is 0 Å². The highest BCUT2D eigenvalue weighted by Gasteiger charge is 2.28. The summed E-state index contributed by atoms with van der Waals surface area (Å²) in [6.45, 7) is 0. The van der Waals surface area contributed by atoms with Crippen molar-refractivity contribution >= 4 is 22.1 Å². The highest BCUT2D eigenvalue weighted by atomic mass is 32.2. The van der Waals surface area contributed by atoms with E-state index in [-0.39, 0.29) is 18.4 Å². The van der Waals surface area contributed by atoms with E-state index in [1.807, 2.05) is 30.4 Å². The summed E-state index contributed by atoms with van der Waals surface area (Å²) >= 11 is 0. The van der Waals surface area contributed by atoms with Crippen LogP contribution in [-0.2, 0) is 14.8 Å². The number of carboxylic acids is 1. The zero-order chi connectivity index (χ0) is 20.4. The van der Waals surface area contributed by atoms with Gasteiger partial charge >= 0.3 is 5.97 Å². The summed E-state index contributed by atoms with van der Waals surface area (Å²) in [4.78, 5) is 10.5. The van der Waals surface area contributed by atoms with Crippen LogP contribution in [0.5, 0.6) is 5.75 Å². The van der Waals surface area contributed by atoms with Crippen LogP contribution in [0, 0.1) is 5.92 Å². The maximum atomic E-state index is 12.4. The van der Waals surface area contributed by atoms with E-state index < -0.39 is 16.0 Å². The molecule has 0 radical (unpaired) electrons. The number of hydrogen-bond acceptors (Lipinski definition) is 4. The Balaban J connectivity index is 1.86. The molecule has 0 aromatic heterocycles. The van der Waals surface area contributed by atoms with Crippen molar-refractivity contribution in [2.24, 2.45) is 5.92 Å². The van der Waals surface area contributed by atoms with E-state index in [1.54, 1.807) is 19.3 Å². The molecule has 2 rings (SSSR count). The molecular formula is C21H29NO5S. The summed E-state index contributed by atoms with van der Waals surface area (Å²) in [5.41, 5.74) is 0.761. The Morgan fingerprint density at radius 2 is 2.14 bits per heavy atom. The topological polar surface area (TPSA) is 92.7 Å². The Bertz CT molecular complexity index is 801. The molecule has 0 bridgehead atoms. The van der Waals surface area contributed by atoms with Crippen molar-refractivity contribution in [3.63, 3.8) is 0 Å². The molecule has 2 atom stereocenters. The van der Waals surface area contributed by atoms with Crippen molar-refractivity contribution in [3.05, 3.63) is 47.4 Å². The lowest BCUT2D eigenvalue weighted by Gasteiger charge is -2.18. The quantitative estimate of drug-likeness (QED) is 0.428. The summed E-state index contributed by atoms with van der Waals surface area (Å²) in [6.07, 6.45) is 10.8. The monoisotopic (exact) mass is 407 g/mol. The number of ether oxygens (including phenoxy) is 1. The molecule has 1 saturated carbocycles. The van der Waals surface area contributed by atoms with Crippen LogP contribution in [-0.4, -0.2) is 32.6 Å². The number of hydrogen-bond donors (Lipinski definition) is 2. The third-order valence-corrected chi connectivity index (χ3v) is 6.00. The van der Waals surface area contributed by atoms with E-state index in [2.05, 4.69) is 4.72 Å². The van der Waals surface area contributed by atoms with E-state index >= 15 is 0 Å². The van der Waals surface area contributed by atoms with Crippen LogP contribution in [0.1, 0.15) is 50.5 Å². The Labute approximate surface area is 167 Å². The number of allylic oxidation sites excluding steroid dienone is 2. The molecule has 2 unspecified atom stereocenters. The Morgan fingerprint density at radius 1 is 1.32 bits per heavy atom. The second kappa shape index (κ2) is 11.0. The highest BCUT2D eigenvalue weighted by molar-refractivity contribution is 7.92. The lowest BCUT2D eigenvalue weighted by Crippen LogP contribution is -2.36. The molecule has 1 aliphatic rings. The van der Waals surface area contributed by atoms with Gasteiger partial charge in [0.25, 0.3) is 0 Å². The molecule has 28 heavy (non-hydrogen) atoms. The third-order valence-electron chi connectivity index (χ3n) is 4.88. The van der Waals surface area contributed by atoms with Gasteiger partial charge in [-0.25, -0.2) is 13.1 Å². The number of unbranched alkanes of at least 4 members (excludes halogenated alkanes) is 1. The van der Waals surface area contributed by atoms with Gasteiger partial charge in [-0.2, -0.15) is 0 Å². The van der Waals surface area contributed by atoms with Crippen molar-refractivity contribution in [1.82, 2.24) is 4.72 Å². The largest absolute Gasteiger partial charge is 0.497 e. The number of sulfonamides is 1. The normalized spacial score (nSPS) is 20.2. The zero-order valence-corrected chi connectivity index (χ0v) is 17.0. The Hall–Kier alpha value is -2.12. The predicted molar refractivity (Wildman–Crippen MR) is 110 cm³/mol. The molecule has 1 aromatic carbocycles. The molecule has 1 aliphatic carbocycles. The van der Waals surface area contributed by atoms with Gasteiger partial charge in [-0.15, -0.1) is 0 Å². The van der Waals surface area contributed by atoms with Gasteiger partial charge < -0.3 is 9.84 Å². The van der Waals surface area contributed by atoms with Crippen LogP contribution in [0.3, 0.4) is 0 Å². The second-order valence-electron chi connectivity index (χ2n) is 7.03. The van der Waals surface area contributed by atoms with E-state index in [9.17, 15) is 13.2 Å². The summed E-state index contributed by atoms with van der Waals surface area (Å²) in [6, 6.07) is 7.15. The summed E-state index contributed by atoms with van der Waals surface area (Å²) in [5, 5.41) is 9.83. The van der Waals surface area contributed by atoms with Gasteiger partial charge in [0.2, 0.25) is 10.0 Å². The number of methoxy groups -OCH3 is 1. The van der Waals surface area contributed by atoms with Gasteiger partial charge in [-0.05, 0) is 61.8 Å². The summed E-state index contributed by atoms with van der Waals surface area (Å²) in [7, 11) is -1.95. The fourth-order valence-corrected chi connectivity index (χ4v) is 4.54. The minimum atomic E-state index is -3.53. The third kappa shape index (κ3) is 7.86. The van der Waals surface area contributed by atoms with Crippen LogP contribution in [0.2, 0.25) is 0 Å². The molecule has 0 amide bonds. The van der Waals surface area contributed by atoms with E-state index in [4.69, 9.17) is 9.84 Å². The molecule has 0 heterocycles. The lowest BCUT2D eigenvalue weighted by molar-refractivity contribution is -0.137. The van der Waals surface area contributed by atoms with Crippen molar-refractivity contribution in [2.75, 3.05) is 7.11 Å². The highest BCUT2D eigenvalue weighted by Crippen LogP contribution is 2.29. The number of rotatable bonds is 11. The standard InChI is InChI=1S/C21H29NO5S/c1-27-19-11-6-8-17(16-19)14-15-28(25,26)22-20-12-7-10-18(20)9-4-2-3-5-13-21(23)24/h2,4,6,8,11,14-16,18,20,22H,3,5,7,9-10,12-13H2,1H3,(H,23,24)/b4-2+,15-14+. The van der Waals surface area contributed by atoms with E-state index in [1.165, 1.54) is 5.41 Å². The number of carboxylic acid groups (broad SMARTS) is 1. The molecule has 0 spiro atoms. The van der Waals surface area contributed by atoms with Crippen molar-refractivity contribution < 1.29 is 23.1 Å². The van der Waals surface area contributed by atoms with Crippen LogP contribution >= 0.6 is 0 Å². The number of benzene rings is 1. The fraction of sp³-hybridized carbons (Fsp3) is 0.476. The number of aliphatic carboxylic acids is 1. The van der Waals surface area contributed by atoms with Crippen LogP contribution < -0.4 is 9.46 Å². The van der Waals surface area contributed by atoms with Crippen molar-refractivity contribution in [3.8, 4) is 5.75 Å². The van der Waals surface area contributed by atoms with Gasteiger partial charge in [-0.3, -0.25) is 4.79 Å². The fourth-order valence-electron chi connectivity index (χ4n) is 3.40. The molecule has 1 aromatic rings. The maximum absolute atomic E-state index is 12.4. The second-order valence-corrected chi connectivity index (χ2v) is 8.63. The molecule has 1 fully saturated rings. The first-order valence-electron chi connectivity index (χ1n) is 9.61. The van der Waals surface area contributed by atoms with Crippen LogP contribution in [0.25, 0.3) is 6.08 Å². The van der Waals surface area contributed by atoms with Gasteiger partial charge in [-0.1, -0.05) is 30.7 Å². The Morgan fingerprint density at radius 3 is 2.89 bits per heavy atom. The van der Waals surface area contributed by atoms with E-state index in [0.29, 0.717) is 12.2 Å². The molecule has 0 saturated heterocycles. The zero-order valence-electron chi connectivity index (χ0n) is 16.2. The molecule has 0 aliphatic heterocycles. The average molecular weight is 408 g/mol. The predicted octanol–water partition coefficient (Wildman–Crippen LogP) is 3.96. The molecule has 2 N–H and O–H groups in total. The minimum Gasteiger partial charge on any atom is -0.497 e. The molecule has 7 heteroatoms. The first-order valence-corrected chi connectivity index (χ1v) is 11.2. The van der Waals surface area contributed by atoms with Crippen LogP contribution in [0.15, 0.2) is 41.8 Å². The number of carbonyl (C=O) groups is 1. The Kier molecular flexibility index (Phi) is 8.73. The van der Waals surface area contributed by atoms with Gasteiger partial charge in [0.15, 0.2) is 0 Å². The van der Waals surface area contributed by atoms with E-state index in [0.717, 1.165) is 37.7 Å². The maximum Gasteiger partial charge on any atom is 0.303 e. The number of nitrogens with one attached hydrogen (secondary N) is 1. The van der Waals surface area contributed by atoms with Gasteiger partial charge in [0, 0.05) is 17.9 Å². The molecular weight excluding hydrogens is 378 g/mol. The lowest BCUT2D eigenvalue weighted by atomic mass is 10.00.